The minimum Gasteiger partial charge on any atom is -0.444 e. The van der Waals surface area contributed by atoms with E-state index in [1.165, 1.54) is 0 Å². The second-order valence-electron chi connectivity index (χ2n) is 6.71. The molecular formula is C18H21N5O2. The molecule has 0 saturated heterocycles. The van der Waals surface area contributed by atoms with Gasteiger partial charge in [-0.1, -0.05) is 6.07 Å². The van der Waals surface area contributed by atoms with E-state index < -0.39 is 11.7 Å². The Labute approximate surface area is 146 Å². The van der Waals surface area contributed by atoms with Gasteiger partial charge in [-0.15, -0.1) is 0 Å². The van der Waals surface area contributed by atoms with Crippen LogP contribution in [0.2, 0.25) is 0 Å². The number of hydrogen-bond donors (Lipinski definition) is 1. The van der Waals surface area contributed by atoms with Crippen molar-refractivity contribution in [2.45, 2.75) is 39.3 Å². The van der Waals surface area contributed by atoms with Gasteiger partial charge in [-0.3, -0.25) is 4.57 Å². The van der Waals surface area contributed by atoms with Crippen LogP contribution in [0.4, 0.5) is 4.79 Å². The number of nitrogens with one attached hydrogen (secondary N) is 1. The molecule has 3 aromatic heterocycles. The maximum Gasteiger partial charge on any atom is 0.408 e. The van der Waals surface area contributed by atoms with E-state index in [4.69, 9.17) is 4.74 Å². The number of carbonyl (C=O) groups excluding carboxylic acids is 1. The lowest BCUT2D eigenvalue weighted by Crippen LogP contribution is -2.34. The van der Waals surface area contributed by atoms with Crippen molar-refractivity contribution in [3.8, 4) is 5.82 Å². The van der Waals surface area contributed by atoms with E-state index in [0.717, 1.165) is 5.52 Å². The molecule has 7 nitrogen and oxygen atoms in total. The third-order valence-electron chi connectivity index (χ3n) is 3.46. The number of carbonyl (C=O) groups is 1. The largest absolute Gasteiger partial charge is 0.444 e. The van der Waals surface area contributed by atoms with Gasteiger partial charge >= 0.3 is 6.09 Å². The summed E-state index contributed by atoms with van der Waals surface area (Å²) in [6.07, 6.45) is 2.91. The van der Waals surface area contributed by atoms with Crippen molar-refractivity contribution in [2.24, 2.45) is 0 Å². The van der Waals surface area contributed by atoms with Crippen LogP contribution in [0.3, 0.4) is 0 Å². The summed E-state index contributed by atoms with van der Waals surface area (Å²) in [4.78, 5) is 25.4. The Morgan fingerprint density at radius 2 is 1.92 bits per heavy atom. The van der Waals surface area contributed by atoms with E-state index in [9.17, 15) is 4.79 Å². The fraction of sp³-hybridized carbons (Fsp3) is 0.333. The number of imidazole rings is 1. The Morgan fingerprint density at radius 3 is 2.60 bits per heavy atom. The van der Waals surface area contributed by atoms with Crippen molar-refractivity contribution in [2.75, 3.05) is 0 Å². The van der Waals surface area contributed by atoms with Gasteiger partial charge in [0.05, 0.1) is 11.6 Å². The molecule has 1 unspecified atom stereocenters. The monoisotopic (exact) mass is 339 g/mol. The van der Waals surface area contributed by atoms with Crippen LogP contribution in [-0.4, -0.2) is 31.2 Å². The maximum absolute atomic E-state index is 12.1. The molecule has 0 fully saturated rings. The Kier molecular flexibility index (Phi) is 4.39. The van der Waals surface area contributed by atoms with Crippen LogP contribution in [0.1, 0.15) is 39.6 Å². The van der Waals surface area contributed by atoms with Gasteiger partial charge in [0.2, 0.25) is 0 Å². The molecule has 3 aromatic rings. The van der Waals surface area contributed by atoms with Crippen molar-refractivity contribution in [1.82, 2.24) is 24.8 Å². The van der Waals surface area contributed by atoms with Crippen LogP contribution in [0, 0.1) is 0 Å². The highest BCUT2D eigenvalue weighted by molar-refractivity contribution is 5.74. The molecule has 1 N–H and O–H groups in total. The number of amides is 1. The quantitative estimate of drug-likeness (QED) is 0.791. The van der Waals surface area contributed by atoms with E-state index >= 15 is 0 Å². The van der Waals surface area contributed by atoms with Gasteiger partial charge in [-0.2, -0.15) is 0 Å². The zero-order valence-electron chi connectivity index (χ0n) is 14.7. The zero-order chi connectivity index (χ0) is 18.0. The van der Waals surface area contributed by atoms with Crippen LogP contribution in [0.5, 0.6) is 0 Å². The van der Waals surface area contributed by atoms with E-state index in [2.05, 4.69) is 20.3 Å². The number of nitrogens with zero attached hydrogens (tertiary/aromatic N) is 4. The van der Waals surface area contributed by atoms with Crippen molar-refractivity contribution < 1.29 is 9.53 Å². The average molecular weight is 339 g/mol. The normalized spacial score (nSPS) is 12.8. The molecule has 25 heavy (non-hydrogen) atoms. The number of hydrogen-bond acceptors (Lipinski definition) is 5. The van der Waals surface area contributed by atoms with Gasteiger partial charge in [0.1, 0.15) is 17.2 Å². The van der Waals surface area contributed by atoms with Crippen molar-refractivity contribution in [1.29, 1.82) is 0 Å². The van der Waals surface area contributed by atoms with E-state index in [0.29, 0.717) is 17.3 Å². The minimum absolute atomic E-state index is 0.383. The Balaban J connectivity index is 2.00. The van der Waals surface area contributed by atoms with E-state index in [1.54, 1.807) is 12.4 Å². The highest BCUT2D eigenvalue weighted by atomic mass is 16.6. The third-order valence-corrected chi connectivity index (χ3v) is 3.46. The van der Waals surface area contributed by atoms with Gasteiger partial charge in [0.25, 0.3) is 0 Å². The zero-order valence-corrected chi connectivity index (χ0v) is 14.7. The van der Waals surface area contributed by atoms with Crippen LogP contribution in [0.25, 0.3) is 17.0 Å². The standard InChI is InChI=1S/C18H21N5O2/c1-12(21-17(24)25-18(2,3)4)16-22-15-13(8-7-11-20-15)23(16)14-9-5-6-10-19-14/h5-12H,1-4H3,(H,21,24). The molecule has 0 bridgehead atoms. The predicted molar refractivity (Wildman–Crippen MR) is 94.4 cm³/mol. The molecule has 0 aliphatic heterocycles. The number of ether oxygens (including phenoxy) is 1. The number of aromatic nitrogens is 4. The van der Waals surface area contributed by atoms with Gasteiger partial charge in [-0.25, -0.2) is 19.7 Å². The first-order valence-corrected chi connectivity index (χ1v) is 8.09. The number of fused-ring (bicyclic) bond motifs is 1. The lowest BCUT2D eigenvalue weighted by Gasteiger charge is -2.22. The summed E-state index contributed by atoms with van der Waals surface area (Å²) in [5.74, 6) is 1.35. The molecule has 0 aliphatic carbocycles. The lowest BCUT2D eigenvalue weighted by molar-refractivity contribution is 0.0505. The molecule has 0 saturated carbocycles. The summed E-state index contributed by atoms with van der Waals surface area (Å²) in [5, 5.41) is 2.82. The summed E-state index contributed by atoms with van der Waals surface area (Å²) in [6, 6.07) is 9.03. The molecule has 0 aliphatic rings. The first-order chi connectivity index (χ1) is 11.8. The van der Waals surface area contributed by atoms with Gasteiger partial charge < -0.3 is 10.1 Å². The summed E-state index contributed by atoms with van der Waals surface area (Å²) in [6.45, 7) is 7.32. The summed E-state index contributed by atoms with van der Waals surface area (Å²) in [7, 11) is 0. The van der Waals surface area contributed by atoms with Crippen LogP contribution >= 0.6 is 0 Å². The highest BCUT2D eigenvalue weighted by Crippen LogP contribution is 2.23. The summed E-state index contributed by atoms with van der Waals surface area (Å²) < 4.78 is 7.22. The van der Waals surface area contributed by atoms with Crippen LogP contribution in [0.15, 0.2) is 42.7 Å². The van der Waals surface area contributed by atoms with Gasteiger partial charge in [0, 0.05) is 12.4 Å². The SMILES string of the molecule is CC(NC(=O)OC(C)(C)C)c1nc2ncccc2n1-c1ccccn1. The molecule has 1 atom stereocenters. The van der Waals surface area contributed by atoms with Crippen molar-refractivity contribution >= 4 is 17.3 Å². The van der Waals surface area contributed by atoms with E-state index in [-0.39, 0.29) is 6.04 Å². The summed E-state index contributed by atoms with van der Waals surface area (Å²) in [5.41, 5.74) is 0.863. The Hall–Kier alpha value is -2.96. The number of pyridine rings is 2. The molecule has 3 rings (SSSR count). The second kappa shape index (κ2) is 6.51. The minimum atomic E-state index is -0.563. The highest BCUT2D eigenvalue weighted by Gasteiger charge is 2.23. The first kappa shape index (κ1) is 16.9. The Bertz CT molecular complexity index is 883. The van der Waals surface area contributed by atoms with Crippen molar-refractivity contribution in [3.05, 3.63) is 48.5 Å². The Morgan fingerprint density at radius 1 is 1.16 bits per heavy atom. The fourth-order valence-corrected chi connectivity index (χ4v) is 2.50. The summed E-state index contributed by atoms with van der Waals surface area (Å²) >= 11 is 0. The molecule has 0 spiro atoms. The second-order valence-corrected chi connectivity index (χ2v) is 6.71. The first-order valence-electron chi connectivity index (χ1n) is 8.09. The van der Waals surface area contributed by atoms with Gasteiger partial charge in [0.15, 0.2) is 5.65 Å². The predicted octanol–water partition coefficient (Wildman–Crippen LogP) is 3.40. The molecular weight excluding hydrogens is 318 g/mol. The van der Waals surface area contributed by atoms with Crippen LogP contribution in [-0.2, 0) is 4.74 Å². The smallest absolute Gasteiger partial charge is 0.408 e. The van der Waals surface area contributed by atoms with E-state index in [1.807, 2.05) is 62.6 Å². The molecule has 3 heterocycles. The topological polar surface area (TPSA) is 81.9 Å². The molecule has 0 aromatic carbocycles. The molecule has 1 amide bonds. The molecule has 0 radical (unpaired) electrons. The fourth-order valence-electron chi connectivity index (χ4n) is 2.50. The number of rotatable bonds is 3. The lowest BCUT2D eigenvalue weighted by atomic mass is 10.2. The molecule has 130 valence electrons. The average Bonchev–Trinajstić information content (AvgIpc) is 2.93. The van der Waals surface area contributed by atoms with Gasteiger partial charge in [-0.05, 0) is 52.0 Å². The van der Waals surface area contributed by atoms with Crippen LogP contribution < -0.4 is 5.32 Å². The maximum atomic E-state index is 12.1. The molecule has 7 heteroatoms. The number of alkyl carbamates (subject to hydrolysis) is 1. The van der Waals surface area contributed by atoms with Crippen molar-refractivity contribution in [3.63, 3.8) is 0 Å². The third kappa shape index (κ3) is 3.76.